The predicted octanol–water partition coefficient (Wildman–Crippen LogP) is 2.71. The first-order valence-corrected chi connectivity index (χ1v) is 5.87. The van der Waals surface area contributed by atoms with Gasteiger partial charge in [-0.3, -0.25) is 4.79 Å². The van der Waals surface area contributed by atoms with Crippen LogP contribution < -0.4 is 0 Å². The summed E-state index contributed by atoms with van der Waals surface area (Å²) in [6, 6.07) is 2.00. The average Bonchev–Trinajstić information content (AvgIpc) is 2.49. The maximum absolute atomic E-state index is 11.1. The van der Waals surface area contributed by atoms with Crippen LogP contribution in [0.25, 0.3) is 0 Å². The van der Waals surface area contributed by atoms with E-state index in [1.54, 1.807) is 23.3 Å². The van der Waals surface area contributed by atoms with Crippen molar-refractivity contribution < 1.29 is 4.79 Å². The van der Waals surface area contributed by atoms with Crippen LogP contribution in [0.3, 0.4) is 0 Å². The molecule has 13 heavy (non-hydrogen) atoms. The van der Waals surface area contributed by atoms with Crippen molar-refractivity contribution in [2.75, 3.05) is 12.9 Å². The van der Waals surface area contributed by atoms with Crippen molar-refractivity contribution >= 4 is 44.8 Å². The molecule has 0 fully saturated rings. The molecule has 0 aliphatic carbocycles. The van der Waals surface area contributed by atoms with E-state index in [0.29, 0.717) is 6.54 Å². The van der Waals surface area contributed by atoms with Crippen LogP contribution in [0.1, 0.15) is 5.56 Å². The SMILES string of the molecule is CN(Cc1csc(Br)c1)C(=O)CCl. The fraction of sp³-hybridized carbons (Fsp3) is 0.375. The maximum atomic E-state index is 11.1. The Balaban J connectivity index is 2.54. The molecule has 1 amide bonds. The van der Waals surface area contributed by atoms with Crippen LogP contribution in [0.15, 0.2) is 15.2 Å². The van der Waals surface area contributed by atoms with E-state index in [-0.39, 0.29) is 11.8 Å². The highest BCUT2D eigenvalue weighted by Crippen LogP contribution is 2.21. The molecule has 1 aromatic heterocycles. The van der Waals surface area contributed by atoms with Crippen LogP contribution in [0, 0.1) is 0 Å². The second kappa shape index (κ2) is 4.98. The minimum absolute atomic E-state index is 0.0435. The average molecular weight is 283 g/mol. The first-order chi connectivity index (χ1) is 6.13. The Bertz CT molecular complexity index is 302. The van der Waals surface area contributed by atoms with Gasteiger partial charge in [-0.2, -0.15) is 0 Å². The van der Waals surface area contributed by atoms with Gasteiger partial charge in [0.1, 0.15) is 5.88 Å². The van der Waals surface area contributed by atoms with Gasteiger partial charge < -0.3 is 4.90 Å². The van der Waals surface area contributed by atoms with Gasteiger partial charge in [0.15, 0.2) is 0 Å². The van der Waals surface area contributed by atoms with E-state index in [1.165, 1.54) is 0 Å². The zero-order valence-corrected chi connectivity index (χ0v) is 10.2. The smallest absolute Gasteiger partial charge is 0.237 e. The molecule has 0 aliphatic heterocycles. The summed E-state index contributed by atoms with van der Waals surface area (Å²) in [4.78, 5) is 12.7. The molecule has 0 aromatic carbocycles. The maximum Gasteiger partial charge on any atom is 0.237 e. The van der Waals surface area contributed by atoms with E-state index in [9.17, 15) is 4.79 Å². The molecule has 1 heterocycles. The van der Waals surface area contributed by atoms with E-state index in [1.807, 2.05) is 11.4 Å². The number of halogens is 2. The van der Waals surface area contributed by atoms with Gasteiger partial charge in [0.05, 0.1) is 3.79 Å². The van der Waals surface area contributed by atoms with Crippen LogP contribution in [0.4, 0.5) is 0 Å². The fourth-order valence-electron chi connectivity index (χ4n) is 0.893. The number of hydrogen-bond acceptors (Lipinski definition) is 2. The number of thiophene rings is 1. The van der Waals surface area contributed by atoms with Gasteiger partial charge in [-0.15, -0.1) is 22.9 Å². The molecular formula is C8H9BrClNOS. The van der Waals surface area contributed by atoms with Crippen LogP contribution in [-0.2, 0) is 11.3 Å². The van der Waals surface area contributed by atoms with Crippen molar-refractivity contribution in [2.24, 2.45) is 0 Å². The molecule has 0 aliphatic rings. The molecule has 0 radical (unpaired) electrons. The van der Waals surface area contributed by atoms with Crippen molar-refractivity contribution in [2.45, 2.75) is 6.54 Å². The predicted molar refractivity (Wildman–Crippen MR) is 59.2 cm³/mol. The van der Waals surface area contributed by atoms with Crippen molar-refractivity contribution in [3.63, 3.8) is 0 Å². The second-order valence-corrected chi connectivity index (χ2v) is 5.20. The summed E-state index contributed by atoms with van der Waals surface area (Å²) < 4.78 is 1.08. The van der Waals surface area contributed by atoms with E-state index >= 15 is 0 Å². The molecule has 1 rings (SSSR count). The number of nitrogens with zero attached hydrogens (tertiary/aromatic N) is 1. The van der Waals surface area contributed by atoms with E-state index in [2.05, 4.69) is 15.9 Å². The van der Waals surface area contributed by atoms with Crippen molar-refractivity contribution in [3.05, 3.63) is 20.8 Å². The standard InChI is InChI=1S/C8H9BrClNOS/c1-11(8(12)3-10)4-6-2-7(9)13-5-6/h2,5H,3-4H2,1H3. The number of hydrogen-bond donors (Lipinski definition) is 0. The lowest BCUT2D eigenvalue weighted by molar-refractivity contribution is -0.127. The summed E-state index contributed by atoms with van der Waals surface area (Å²) in [6.07, 6.45) is 0. The van der Waals surface area contributed by atoms with Crippen LogP contribution >= 0.6 is 38.9 Å². The number of carbonyl (C=O) groups excluding carboxylic acids is 1. The summed E-state index contributed by atoms with van der Waals surface area (Å²) in [5.74, 6) is -0.00840. The Morgan fingerprint density at radius 2 is 2.46 bits per heavy atom. The minimum Gasteiger partial charge on any atom is -0.340 e. The normalized spacial score (nSPS) is 10.1. The van der Waals surface area contributed by atoms with Gasteiger partial charge in [-0.25, -0.2) is 0 Å². The molecule has 72 valence electrons. The lowest BCUT2D eigenvalue weighted by Crippen LogP contribution is -2.26. The first-order valence-electron chi connectivity index (χ1n) is 3.66. The molecule has 0 spiro atoms. The third-order valence-corrected chi connectivity index (χ3v) is 3.36. The van der Waals surface area contributed by atoms with Crippen LogP contribution in [0.5, 0.6) is 0 Å². The molecule has 0 atom stereocenters. The Kier molecular flexibility index (Phi) is 4.22. The number of carbonyl (C=O) groups is 1. The third kappa shape index (κ3) is 3.29. The Hall–Kier alpha value is -0.0600. The molecular weight excluding hydrogens is 274 g/mol. The molecule has 0 unspecified atom stereocenters. The summed E-state index contributed by atoms with van der Waals surface area (Å²) in [7, 11) is 1.75. The molecule has 5 heteroatoms. The molecule has 2 nitrogen and oxygen atoms in total. The molecule has 0 N–H and O–H groups in total. The van der Waals surface area contributed by atoms with Crippen molar-refractivity contribution in [3.8, 4) is 0 Å². The molecule has 0 bridgehead atoms. The van der Waals surface area contributed by atoms with Gasteiger partial charge >= 0.3 is 0 Å². The topological polar surface area (TPSA) is 20.3 Å². The summed E-state index contributed by atoms with van der Waals surface area (Å²) in [6.45, 7) is 0.619. The van der Waals surface area contributed by atoms with E-state index in [4.69, 9.17) is 11.6 Å². The highest BCUT2D eigenvalue weighted by Gasteiger charge is 2.07. The largest absolute Gasteiger partial charge is 0.340 e. The number of amides is 1. The first kappa shape index (κ1) is 11.0. The summed E-state index contributed by atoms with van der Waals surface area (Å²) >= 11 is 10.4. The lowest BCUT2D eigenvalue weighted by atomic mass is 10.3. The zero-order valence-electron chi connectivity index (χ0n) is 7.09. The Morgan fingerprint density at radius 1 is 1.77 bits per heavy atom. The number of rotatable bonds is 3. The third-order valence-electron chi connectivity index (χ3n) is 1.58. The lowest BCUT2D eigenvalue weighted by Gasteiger charge is -2.14. The van der Waals surface area contributed by atoms with Crippen molar-refractivity contribution in [1.82, 2.24) is 4.90 Å². The minimum atomic E-state index is -0.0519. The van der Waals surface area contributed by atoms with Gasteiger partial charge in [0, 0.05) is 13.6 Å². The highest BCUT2D eigenvalue weighted by atomic mass is 79.9. The monoisotopic (exact) mass is 281 g/mol. The van der Waals surface area contributed by atoms with E-state index < -0.39 is 0 Å². The van der Waals surface area contributed by atoms with Crippen LogP contribution in [-0.4, -0.2) is 23.7 Å². The van der Waals surface area contributed by atoms with Gasteiger partial charge in [0.2, 0.25) is 5.91 Å². The van der Waals surface area contributed by atoms with E-state index in [0.717, 1.165) is 9.35 Å². The Labute approximate surface area is 94.6 Å². The summed E-state index contributed by atoms with van der Waals surface area (Å²) in [5.41, 5.74) is 1.12. The Morgan fingerprint density at radius 3 is 2.92 bits per heavy atom. The molecule has 0 saturated heterocycles. The van der Waals surface area contributed by atoms with Crippen molar-refractivity contribution in [1.29, 1.82) is 0 Å². The highest BCUT2D eigenvalue weighted by molar-refractivity contribution is 9.11. The van der Waals surface area contributed by atoms with Gasteiger partial charge in [0.25, 0.3) is 0 Å². The molecule has 0 saturated carbocycles. The van der Waals surface area contributed by atoms with Crippen LogP contribution in [0.2, 0.25) is 0 Å². The fourth-order valence-corrected chi connectivity index (χ4v) is 2.30. The molecule has 1 aromatic rings. The zero-order chi connectivity index (χ0) is 9.84. The van der Waals surface area contributed by atoms with Gasteiger partial charge in [-0.1, -0.05) is 0 Å². The quantitative estimate of drug-likeness (QED) is 0.781. The summed E-state index contributed by atoms with van der Waals surface area (Å²) in [5, 5.41) is 2.02. The number of alkyl halides is 1. The van der Waals surface area contributed by atoms with Gasteiger partial charge in [-0.05, 0) is 32.9 Å². The second-order valence-electron chi connectivity index (χ2n) is 2.64.